The number of rotatable bonds is 12. The maximum absolute atomic E-state index is 13.6. The lowest BCUT2D eigenvalue weighted by Crippen LogP contribution is -2.10. The van der Waals surface area contributed by atoms with E-state index in [1.165, 1.54) is 29.5 Å². The quantitative estimate of drug-likeness (QED) is 0.0544. The molecule has 296 valence electrons. The maximum Gasteiger partial charge on any atom is 0.416 e. The molecule has 0 atom stereocenters. The molecule has 0 aliphatic carbocycles. The molecular weight excluding hydrogens is 796 g/mol. The standard InChI is InChI=1S/C43H33F9N2OS2/c1-5-6-7-8-13-55-36-22-27(17-31(24-53)39-10-9-37(56-39)29-14-25(2)15-32(18-29)41(44,45)46)26(3)16-28(36)21-35(54-4)40-12-11-38(57-40)30-19-33(42(47,48)49)23-34(20-30)43(50,51)52/h9-12,14-23H,5-8,13H2,1-3H3/b31-17+,35-21-. The molecule has 0 spiro atoms. The fourth-order valence-electron chi connectivity index (χ4n) is 5.90. The van der Waals surface area contributed by atoms with Gasteiger partial charge in [0.15, 0.2) is 0 Å². The summed E-state index contributed by atoms with van der Waals surface area (Å²) in [6.45, 7) is 13.7. The van der Waals surface area contributed by atoms with E-state index in [0.29, 0.717) is 66.9 Å². The van der Waals surface area contributed by atoms with Crippen molar-refractivity contribution in [3.05, 3.63) is 133 Å². The van der Waals surface area contributed by atoms with Crippen molar-refractivity contribution in [2.24, 2.45) is 0 Å². The van der Waals surface area contributed by atoms with Gasteiger partial charge in [-0.05, 0) is 121 Å². The van der Waals surface area contributed by atoms with Crippen molar-refractivity contribution in [1.82, 2.24) is 0 Å². The van der Waals surface area contributed by atoms with Gasteiger partial charge in [-0.15, -0.1) is 22.7 Å². The number of nitriles is 1. The molecule has 0 N–H and O–H groups in total. The minimum Gasteiger partial charge on any atom is -0.493 e. The van der Waals surface area contributed by atoms with Crippen molar-refractivity contribution >= 4 is 46.1 Å². The largest absolute Gasteiger partial charge is 0.493 e. The normalized spacial score (nSPS) is 12.7. The number of unbranched alkanes of at least 4 members (excludes halogenated alkanes) is 3. The molecule has 0 radical (unpaired) electrons. The number of benzene rings is 3. The molecule has 2 heterocycles. The van der Waals surface area contributed by atoms with E-state index < -0.39 is 35.2 Å². The van der Waals surface area contributed by atoms with E-state index in [2.05, 4.69) is 17.8 Å². The summed E-state index contributed by atoms with van der Waals surface area (Å²) in [5.74, 6) is 0.373. The van der Waals surface area contributed by atoms with Gasteiger partial charge in [0.1, 0.15) is 11.8 Å². The Morgan fingerprint density at radius 3 is 1.82 bits per heavy atom. The van der Waals surface area contributed by atoms with Gasteiger partial charge in [-0.1, -0.05) is 38.3 Å². The van der Waals surface area contributed by atoms with Crippen molar-refractivity contribution < 1.29 is 44.3 Å². The van der Waals surface area contributed by atoms with Crippen molar-refractivity contribution in [2.45, 2.75) is 65.0 Å². The summed E-state index contributed by atoms with van der Waals surface area (Å²) in [6, 6.07) is 16.9. The Morgan fingerprint density at radius 1 is 0.702 bits per heavy atom. The number of nitrogens with zero attached hydrogens (tertiary/aromatic N) is 2. The average molecular weight is 829 g/mol. The zero-order valence-corrected chi connectivity index (χ0v) is 32.3. The van der Waals surface area contributed by atoms with Gasteiger partial charge in [-0.3, -0.25) is 0 Å². The van der Waals surface area contributed by atoms with Gasteiger partial charge in [-0.2, -0.15) is 44.8 Å². The summed E-state index contributed by atoms with van der Waals surface area (Å²) >= 11 is 2.04. The molecule has 0 bridgehead atoms. The van der Waals surface area contributed by atoms with E-state index in [1.807, 2.05) is 0 Å². The number of hydrogen-bond acceptors (Lipinski definition) is 4. The molecule has 0 amide bonds. The monoisotopic (exact) mass is 828 g/mol. The van der Waals surface area contributed by atoms with E-state index in [4.69, 9.17) is 11.3 Å². The SMILES string of the molecule is [C-]#[N+]/C(=C\c1cc(C)c(/C=C(\C#N)c2ccc(-c3cc(C)cc(C(F)(F)F)c3)s2)cc1OCCCCCC)c1ccc(-c2cc(C(F)(F)F)cc(C(F)(F)F)c2)s1. The highest BCUT2D eigenvalue weighted by molar-refractivity contribution is 7.17. The molecule has 5 rings (SSSR count). The Bertz CT molecular complexity index is 2370. The number of allylic oxidation sites excluding steroid dienone is 1. The first-order chi connectivity index (χ1) is 26.8. The van der Waals surface area contributed by atoms with Crippen LogP contribution in [0.5, 0.6) is 5.75 Å². The summed E-state index contributed by atoms with van der Waals surface area (Å²) in [7, 11) is 0. The molecule has 57 heavy (non-hydrogen) atoms. The minimum absolute atomic E-state index is 0.0617. The lowest BCUT2D eigenvalue weighted by atomic mass is 10.0. The number of thiophene rings is 2. The second kappa shape index (κ2) is 17.5. The third kappa shape index (κ3) is 10.8. The van der Waals surface area contributed by atoms with E-state index in [1.54, 1.807) is 50.3 Å². The second-order valence-corrected chi connectivity index (χ2v) is 15.3. The summed E-state index contributed by atoms with van der Waals surface area (Å²) in [5, 5.41) is 10.2. The molecule has 0 saturated heterocycles. The first-order valence-electron chi connectivity index (χ1n) is 17.5. The van der Waals surface area contributed by atoms with Gasteiger partial charge >= 0.3 is 18.5 Å². The van der Waals surface area contributed by atoms with Gasteiger partial charge in [0.2, 0.25) is 5.70 Å². The van der Waals surface area contributed by atoms with Gasteiger partial charge in [0.25, 0.3) is 0 Å². The van der Waals surface area contributed by atoms with E-state index in [-0.39, 0.29) is 27.8 Å². The molecule has 0 fully saturated rings. The van der Waals surface area contributed by atoms with Crippen LogP contribution in [0.25, 0.3) is 49.1 Å². The molecule has 0 aliphatic heterocycles. The lowest BCUT2D eigenvalue weighted by molar-refractivity contribution is -0.143. The summed E-state index contributed by atoms with van der Waals surface area (Å²) in [5.41, 5.74) is -1.06. The topological polar surface area (TPSA) is 37.4 Å². The molecule has 0 aliphatic rings. The molecule has 14 heteroatoms. The second-order valence-electron chi connectivity index (χ2n) is 13.2. The van der Waals surface area contributed by atoms with Gasteiger partial charge in [0.05, 0.1) is 35.4 Å². The highest BCUT2D eigenvalue weighted by atomic mass is 32.1. The van der Waals surface area contributed by atoms with E-state index >= 15 is 0 Å². The Hall–Kier alpha value is -5.31. The van der Waals surface area contributed by atoms with Crippen LogP contribution < -0.4 is 4.74 Å². The van der Waals surface area contributed by atoms with Crippen molar-refractivity contribution in [2.75, 3.05) is 6.61 Å². The Kier molecular flexibility index (Phi) is 13.1. The fraction of sp³-hybridized carbons (Fsp3) is 0.256. The zero-order valence-electron chi connectivity index (χ0n) is 30.6. The predicted octanol–water partition coefficient (Wildman–Crippen LogP) is 15.3. The Labute approximate surface area is 331 Å². The number of hydrogen-bond donors (Lipinski definition) is 0. The molecular formula is C43H33F9N2OS2. The fourth-order valence-corrected chi connectivity index (χ4v) is 7.82. The highest BCUT2D eigenvalue weighted by Crippen LogP contribution is 2.42. The minimum atomic E-state index is -5.02. The Morgan fingerprint density at radius 2 is 1.26 bits per heavy atom. The molecule has 2 aromatic heterocycles. The van der Waals surface area contributed by atoms with Crippen LogP contribution >= 0.6 is 22.7 Å². The number of halogens is 9. The highest BCUT2D eigenvalue weighted by Gasteiger charge is 2.37. The van der Waals surface area contributed by atoms with Crippen LogP contribution in [-0.4, -0.2) is 6.61 Å². The van der Waals surface area contributed by atoms with Crippen molar-refractivity contribution in [1.29, 1.82) is 5.26 Å². The first kappa shape index (κ1) is 42.8. The van der Waals surface area contributed by atoms with Crippen LogP contribution in [0.2, 0.25) is 0 Å². The number of alkyl halides is 9. The van der Waals surface area contributed by atoms with Crippen LogP contribution in [0, 0.1) is 31.8 Å². The summed E-state index contributed by atoms with van der Waals surface area (Å²) < 4.78 is 128. The van der Waals surface area contributed by atoms with E-state index in [0.717, 1.165) is 49.2 Å². The van der Waals surface area contributed by atoms with Crippen molar-refractivity contribution in [3.8, 4) is 32.7 Å². The third-order valence-electron chi connectivity index (χ3n) is 8.78. The molecule has 0 unspecified atom stereocenters. The molecule has 3 aromatic carbocycles. The van der Waals surface area contributed by atoms with E-state index in [9.17, 15) is 44.8 Å². The van der Waals surface area contributed by atoms with Crippen LogP contribution in [0.15, 0.2) is 72.8 Å². The van der Waals surface area contributed by atoms with Gasteiger partial charge < -0.3 is 4.74 Å². The predicted molar refractivity (Wildman–Crippen MR) is 208 cm³/mol. The van der Waals surface area contributed by atoms with Crippen LogP contribution in [0.4, 0.5) is 39.5 Å². The Balaban J connectivity index is 1.53. The van der Waals surface area contributed by atoms with Gasteiger partial charge in [-0.25, -0.2) is 4.85 Å². The van der Waals surface area contributed by atoms with Crippen LogP contribution in [0.1, 0.15) is 81.3 Å². The average Bonchev–Trinajstić information content (AvgIpc) is 3.84. The number of aryl methyl sites for hydroxylation is 2. The third-order valence-corrected chi connectivity index (χ3v) is 11.1. The molecule has 3 nitrogen and oxygen atoms in total. The molecule has 0 saturated carbocycles. The molecule has 5 aromatic rings. The summed E-state index contributed by atoms with van der Waals surface area (Å²) in [4.78, 5) is 5.11. The zero-order chi connectivity index (χ0) is 41.7. The van der Waals surface area contributed by atoms with Crippen molar-refractivity contribution in [3.63, 3.8) is 0 Å². The lowest BCUT2D eigenvalue weighted by Gasteiger charge is -2.14. The maximum atomic E-state index is 13.6. The summed E-state index contributed by atoms with van der Waals surface area (Å²) in [6.07, 6.45) is -7.76. The first-order valence-corrected chi connectivity index (χ1v) is 19.1. The van der Waals surface area contributed by atoms with Crippen LogP contribution in [0.3, 0.4) is 0 Å². The smallest absolute Gasteiger partial charge is 0.416 e. The van der Waals surface area contributed by atoms with Crippen LogP contribution in [-0.2, 0) is 18.5 Å². The number of ether oxygens (including phenoxy) is 1. The van der Waals surface area contributed by atoms with Gasteiger partial charge in [0, 0.05) is 25.1 Å².